The zero-order chi connectivity index (χ0) is 22.6. The van der Waals surface area contributed by atoms with Gasteiger partial charge in [0.25, 0.3) is 5.91 Å². The van der Waals surface area contributed by atoms with Crippen molar-refractivity contribution >= 4 is 35.8 Å². The Balaban J connectivity index is 1.83. The average Bonchev–Trinajstić information content (AvgIpc) is 3.10. The summed E-state index contributed by atoms with van der Waals surface area (Å²) >= 11 is 0. The minimum absolute atomic E-state index is 0.0418. The van der Waals surface area contributed by atoms with E-state index in [0.717, 1.165) is 4.90 Å². The molecule has 0 bridgehead atoms. The number of nitrogens with zero attached hydrogens (tertiary/aromatic N) is 1. The maximum Gasteiger partial charge on any atom is 0.257 e. The fourth-order valence-electron chi connectivity index (χ4n) is 3.53. The Hall–Kier alpha value is -3.59. The van der Waals surface area contributed by atoms with Crippen LogP contribution >= 0.6 is 0 Å². The van der Waals surface area contributed by atoms with Gasteiger partial charge in [0.05, 0.1) is 12.2 Å². The number of hydrogen-bond donors (Lipinski definition) is 3. The Bertz CT molecular complexity index is 1040. The number of carbonyl (C=O) groups excluding carboxylic acids is 4. The van der Waals surface area contributed by atoms with E-state index in [1.807, 2.05) is 0 Å². The number of hydrogen-bond acceptors (Lipinski definition) is 6. The maximum atomic E-state index is 14.6. The second-order valence-electron chi connectivity index (χ2n) is 7.24. The third-order valence-corrected chi connectivity index (χ3v) is 5.11. The molecule has 1 unspecified atom stereocenters. The first-order chi connectivity index (χ1) is 14.8. The predicted molar refractivity (Wildman–Crippen MR) is 111 cm³/mol. The van der Waals surface area contributed by atoms with Crippen molar-refractivity contribution in [2.45, 2.75) is 38.6 Å². The van der Waals surface area contributed by atoms with Crippen molar-refractivity contribution in [2.75, 3.05) is 10.6 Å². The average molecular weight is 427 g/mol. The normalized spacial score (nSPS) is 14.5. The number of aliphatic hydroxyl groups is 1. The molecule has 8 nitrogen and oxygen atoms in total. The van der Waals surface area contributed by atoms with E-state index in [0.29, 0.717) is 28.7 Å². The lowest BCUT2D eigenvalue weighted by Gasteiger charge is -2.31. The van der Waals surface area contributed by atoms with E-state index in [2.05, 4.69) is 10.6 Å². The van der Waals surface area contributed by atoms with Crippen LogP contribution in [-0.4, -0.2) is 40.1 Å². The second-order valence-corrected chi connectivity index (χ2v) is 7.24. The molecule has 2 aromatic rings. The lowest BCUT2D eigenvalue weighted by Crippen LogP contribution is -2.50. The summed E-state index contributed by atoms with van der Waals surface area (Å²) in [6.45, 7) is 1.32. The maximum absolute atomic E-state index is 14.6. The molecule has 9 heteroatoms. The van der Waals surface area contributed by atoms with E-state index >= 15 is 0 Å². The molecule has 1 aliphatic heterocycles. The van der Waals surface area contributed by atoms with Gasteiger partial charge in [-0.3, -0.25) is 19.3 Å². The van der Waals surface area contributed by atoms with E-state index in [1.165, 1.54) is 13.0 Å². The van der Waals surface area contributed by atoms with Crippen LogP contribution in [0.2, 0.25) is 0 Å². The summed E-state index contributed by atoms with van der Waals surface area (Å²) in [6.07, 6.45) is 0.545. The highest BCUT2D eigenvalue weighted by atomic mass is 19.1. The van der Waals surface area contributed by atoms with E-state index in [4.69, 9.17) is 0 Å². The Morgan fingerprint density at radius 2 is 1.94 bits per heavy atom. The van der Waals surface area contributed by atoms with Crippen LogP contribution in [0.4, 0.5) is 15.8 Å². The number of aldehydes is 2. The first-order valence-corrected chi connectivity index (χ1v) is 9.65. The Labute approximate surface area is 178 Å². The molecule has 0 fully saturated rings. The zero-order valence-corrected chi connectivity index (χ0v) is 16.9. The lowest BCUT2D eigenvalue weighted by atomic mass is 10.1. The smallest absolute Gasteiger partial charge is 0.257 e. The van der Waals surface area contributed by atoms with Gasteiger partial charge in [0, 0.05) is 48.7 Å². The highest BCUT2D eigenvalue weighted by molar-refractivity contribution is 6.01. The fraction of sp³-hybridized carbons (Fsp3) is 0.273. The topological polar surface area (TPSA) is 116 Å². The van der Waals surface area contributed by atoms with Crippen LogP contribution in [0.25, 0.3) is 0 Å². The van der Waals surface area contributed by atoms with Crippen LogP contribution in [0, 0.1) is 5.82 Å². The fourth-order valence-corrected chi connectivity index (χ4v) is 3.53. The molecular formula is C22H22FN3O5. The van der Waals surface area contributed by atoms with Crippen molar-refractivity contribution in [3.63, 3.8) is 0 Å². The van der Waals surface area contributed by atoms with Gasteiger partial charge in [0.1, 0.15) is 6.29 Å². The number of fused-ring (bicyclic) bond motifs is 1. The van der Waals surface area contributed by atoms with Gasteiger partial charge in [-0.15, -0.1) is 0 Å². The largest absolute Gasteiger partial charge is 0.381 e. The van der Waals surface area contributed by atoms with Gasteiger partial charge < -0.3 is 20.5 Å². The summed E-state index contributed by atoms with van der Waals surface area (Å²) in [5.74, 6) is -1.49. The summed E-state index contributed by atoms with van der Waals surface area (Å²) in [5.41, 5.74) is -0.312. The van der Waals surface area contributed by atoms with Crippen LogP contribution in [0.3, 0.4) is 0 Å². The summed E-state index contributed by atoms with van der Waals surface area (Å²) in [4.78, 5) is 47.2. The van der Waals surface area contributed by atoms with Crippen LogP contribution in [0.15, 0.2) is 36.4 Å². The van der Waals surface area contributed by atoms with E-state index in [1.54, 1.807) is 30.3 Å². The predicted octanol–water partition coefficient (Wildman–Crippen LogP) is 2.22. The third-order valence-electron chi connectivity index (χ3n) is 5.11. The SMILES string of the molecule is CC(=O)Nc1cccc(CNc2cccc3c2CN(C(O)(C=O)CCC=O)C3=O)c1F. The van der Waals surface area contributed by atoms with Crippen molar-refractivity contribution in [3.8, 4) is 0 Å². The molecule has 0 radical (unpaired) electrons. The van der Waals surface area contributed by atoms with Crippen LogP contribution in [0.1, 0.15) is 41.3 Å². The van der Waals surface area contributed by atoms with Crippen molar-refractivity contribution < 1.29 is 28.7 Å². The molecule has 0 saturated heterocycles. The third kappa shape index (κ3) is 4.46. The number of nitrogens with one attached hydrogen (secondary N) is 2. The number of anilines is 2. The van der Waals surface area contributed by atoms with Gasteiger partial charge >= 0.3 is 0 Å². The molecule has 31 heavy (non-hydrogen) atoms. The van der Waals surface area contributed by atoms with Crippen LogP contribution in [0.5, 0.6) is 0 Å². The first-order valence-electron chi connectivity index (χ1n) is 9.65. The number of benzene rings is 2. The number of amides is 2. The van der Waals surface area contributed by atoms with Gasteiger partial charge in [-0.25, -0.2) is 4.39 Å². The highest BCUT2D eigenvalue weighted by Gasteiger charge is 2.43. The molecule has 1 atom stereocenters. The minimum atomic E-state index is -2.09. The highest BCUT2D eigenvalue weighted by Crippen LogP contribution is 2.34. The molecule has 0 aliphatic carbocycles. The van der Waals surface area contributed by atoms with Gasteiger partial charge in [0.15, 0.2) is 17.8 Å². The van der Waals surface area contributed by atoms with Gasteiger partial charge in [-0.1, -0.05) is 18.2 Å². The van der Waals surface area contributed by atoms with Gasteiger partial charge in [-0.05, 0) is 18.2 Å². The van der Waals surface area contributed by atoms with Gasteiger partial charge in [-0.2, -0.15) is 0 Å². The molecule has 0 aromatic heterocycles. The van der Waals surface area contributed by atoms with Crippen LogP contribution < -0.4 is 10.6 Å². The molecule has 3 rings (SSSR count). The first kappa shape index (κ1) is 22.1. The van der Waals surface area contributed by atoms with Gasteiger partial charge in [0.2, 0.25) is 5.91 Å². The summed E-state index contributed by atoms with van der Waals surface area (Å²) in [7, 11) is 0. The molecular weight excluding hydrogens is 405 g/mol. The van der Waals surface area contributed by atoms with Crippen molar-refractivity contribution in [2.24, 2.45) is 0 Å². The van der Waals surface area contributed by atoms with E-state index in [-0.39, 0.29) is 43.8 Å². The zero-order valence-electron chi connectivity index (χ0n) is 16.9. The number of rotatable bonds is 9. The Morgan fingerprint density at radius 3 is 2.61 bits per heavy atom. The van der Waals surface area contributed by atoms with Crippen molar-refractivity contribution in [1.82, 2.24) is 4.90 Å². The molecule has 0 saturated carbocycles. The molecule has 0 spiro atoms. The van der Waals surface area contributed by atoms with Crippen molar-refractivity contribution in [1.29, 1.82) is 0 Å². The molecule has 1 heterocycles. The van der Waals surface area contributed by atoms with Crippen LogP contribution in [-0.2, 0) is 27.5 Å². The quantitative estimate of drug-likeness (QED) is 0.529. The van der Waals surface area contributed by atoms with E-state index in [9.17, 15) is 28.7 Å². The Morgan fingerprint density at radius 1 is 1.23 bits per heavy atom. The van der Waals surface area contributed by atoms with Crippen molar-refractivity contribution in [3.05, 3.63) is 58.9 Å². The van der Waals surface area contributed by atoms with E-state index < -0.39 is 17.4 Å². The lowest BCUT2D eigenvalue weighted by molar-refractivity contribution is -0.144. The second kappa shape index (κ2) is 9.05. The number of carbonyl (C=O) groups is 4. The monoisotopic (exact) mass is 427 g/mol. The molecule has 1 aliphatic rings. The number of halogens is 1. The summed E-state index contributed by atoms with van der Waals surface area (Å²) < 4.78 is 14.6. The minimum Gasteiger partial charge on any atom is -0.381 e. The molecule has 2 amide bonds. The standard InChI is InChI=1S/C22H22FN3O5/c1-14(29)25-19-8-2-5-15(20(19)23)11-24-18-7-3-6-16-17(18)12-26(21(16)30)22(31,13-28)9-4-10-27/h2-3,5-8,10,13,24,31H,4,9,11-12H2,1H3,(H,25,29). The molecule has 3 N–H and O–H groups in total. The Kier molecular flexibility index (Phi) is 6.45. The molecule has 2 aromatic carbocycles. The summed E-state index contributed by atoms with van der Waals surface area (Å²) in [5, 5.41) is 16.1. The summed E-state index contributed by atoms with van der Waals surface area (Å²) in [6, 6.07) is 9.55. The molecule has 162 valence electrons.